The van der Waals surface area contributed by atoms with E-state index in [4.69, 9.17) is 18.6 Å². The van der Waals surface area contributed by atoms with Crippen molar-refractivity contribution in [2.75, 3.05) is 26.6 Å². The number of furan rings is 1. The highest BCUT2D eigenvalue weighted by Gasteiger charge is 2.26. The van der Waals surface area contributed by atoms with Crippen LogP contribution in [0.25, 0.3) is 33.0 Å². The van der Waals surface area contributed by atoms with Crippen molar-refractivity contribution in [3.63, 3.8) is 0 Å². The molecule has 7 nitrogen and oxygen atoms in total. The minimum Gasteiger partial charge on any atom is -0.493 e. The molecule has 0 aliphatic heterocycles. The number of methoxy groups -OCH3 is 3. The molecule has 0 amide bonds. The Bertz CT molecular complexity index is 1670. The van der Waals surface area contributed by atoms with Crippen molar-refractivity contribution in [1.82, 2.24) is 4.57 Å². The first-order chi connectivity index (χ1) is 17.9. The summed E-state index contributed by atoms with van der Waals surface area (Å²) in [5.74, 6) is 1.91. The predicted molar refractivity (Wildman–Crippen MR) is 148 cm³/mol. The van der Waals surface area contributed by atoms with Crippen LogP contribution in [0.5, 0.6) is 17.2 Å². The number of ether oxygens (including phenoxy) is 3. The van der Waals surface area contributed by atoms with Gasteiger partial charge in [-0.3, -0.25) is 4.79 Å². The van der Waals surface area contributed by atoms with Crippen LogP contribution in [0.2, 0.25) is 0 Å². The lowest BCUT2D eigenvalue weighted by Gasteiger charge is -2.15. The van der Waals surface area contributed by atoms with E-state index in [-0.39, 0.29) is 5.56 Å². The number of hydrogen-bond donors (Lipinski definition) is 1. The van der Waals surface area contributed by atoms with Gasteiger partial charge in [0.2, 0.25) is 11.6 Å². The first-order valence-corrected chi connectivity index (χ1v) is 12.1. The van der Waals surface area contributed by atoms with Crippen molar-refractivity contribution >= 4 is 33.4 Å². The minimum atomic E-state index is -0.127. The minimum absolute atomic E-state index is 0.127. The van der Waals surface area contributed by atoms with Gasteiger partial charge in [0, 0.05) is 17.6 Å². The fourth-order valence-electron chi connectivity index (χ4n) is 4.95. The molecule has 3 aromatic carbocycles. The van der Waals surface area contributed by atoms with Gasteiger partial charge in [-0.05, 0) is 62.2 Å². The molecule has 0 atom stereocenters. The second-order valence-electron chi connectivity index (χ2n) is 8.93. The smallest absolute Gasteiger partial charge is 0.262 e. The Labute approximate surface area is 215 Å². The van der Waals surface area contributed by atoms with Crippen LogP contribution in [0.15, 0.2) is 63.8 Å². The molecular weight excluding hydrogens is 468 g/mol. The molecule has 1 N–H and O–H groups in total. The molecule has 2 heterocycles. The van der Waals surface area contributed by atoms with Crippen molar-refractivity contribution in [3.05, 3.63) is 76.1 Å². The number of aromatic nitrogens is 1. The summed E-state index contributed by atoms with van der Waals surface area (Å²) in [6.07, 6.45) is 0. The van der Waals surface area contributed by atoms with Crippen molar-refractivity contribution in [2.45, 2.75) is 27.3 Å². The molecule has 190 valence electrons. The number of pyridine rings is 1. The van der Waals surface area contributed by atoms with E-state index >= 15 is 0 Å². The molecule has 5 rings (SSSR count). The van der Waals surface area contributed by atoms with E-state index in [1.807, 2.05) is 62.4 Å². The number of para-hydroxylation sites is 1. The van der Waals surface area contributed by atoms with Crippen LogP contribution < -0.4 is 25.1 Å². The third kappa shape index (κ3) is 3.96. The van der Waals surface area contributed by atoms with Gasteiger partial charge in [-0.25, -0.2) is 0 Å². The number of nitrogens with one attached hydrogen (secondary N) is 1. The van der Waals surface area contributed by atoms with Crippen LogP contribution in [-0.4, -0.2) is 25.9 Å². The molecule has 37 heavy (non-hydrogen) atoms. The lowest BCUT2D eigenvalue weighted by molar-refractivity contribution is 0.324. The fraction of sp³-hybridized carbons (Fsp3) is 0.233. The second kappa shape index (κ2) is 9.58. The van der Waals surface area contributed by atoms with Crippen LogP contribution in [0.1, 0.15) is 18.1 Å². The van der Waals surface area contributed by atoms with Gasteiger partial charge in [-0.15, -0.1) is 0 Å². The number of nitrogens with zero attached hydrogens (tertiary/aromatic N) is 1. The monoisotopic (exact) mass is 498 g/mol. The van der Waals surface area contributed by atoms with E-state index in [9.17, 15) is 4.79 Å². The lowest BCUT2D eigenvalue weighted by Crippen LogP contribution is -2.19. The summed E-state index contributed by atoms with van der Waals surface area (Å²) in [5, 5.41) is 4.81. The summed E-state index contributed by atoms with van der Waals surface area (Å²) >= 11 is 0. The fourth-order valence-corrected chi connectivity index (χ4v) is 4.95. The highest BCUT2D eigenvalue weighted by atomic mass is 16.5. The van der Waals surface area contributed by atoms with E-state index in [0.29, 0.717) is 51.8 Å². The molecule has 0 bridgehead atoms. The van der Waals surface area contributed by atoms with Crippen molar-refractivity contribution in [2.24, 2.45) is 0 Å². The lowest BCUT2D eigenvalue weighted by atomic mass is 10.0. The molecule has 0 aliphatic rings. The number of hydrogen-bond acceptors (Lipinski definition) is 6. The Hall–Kier alpha value is -4.39. The quantitative estimate of drug-likeness (QED) is 0.265. The number of anilines is 2. The zero-order chi connectivity index (χ0) is 26.3. The van der Waals surface area contributed by atoms with E-state index in [2.05, 4.69) is 18.3 Å². The average Bonchev–Trinajstić information content (AvgIpc) is 3.29. The molecule has 0 unspecified atom stereocenters. The van der Waals surface area contributed by atoms with Gasteiger partial charge in [-0.2, -0.15) is 0 Å². The number of fused-ring (bicyclic) bond motifs is 3. The van der Waals surface area contributed by atoms with Gasteiger partial charge >= 0.3 is 0 Å². The number of aryl methyl sites for hydroxylation is 3. The molecular formula is C30H30N2O5. The largest absolute Gasteiger partial charge is 0.493 e. The third-order valence-corrected chi connectivity index (χ3v) is 6.71. The normalized spacial score (nSPS) is 11.2. The Morgan fingerprint density at radius 2 is 1.62 bits per heavy atom. The van der Waals surface area contributed by atoms with Crippen LogP contribution in [0.4, 0.5) is 11.6 Å². The maximum absolute atomic E-state index is 14.0. The van der Waals surface area contributed by atoms with Gasteiger partial charge in [0.1, 0.15) is 0 Å². The van der Waals surface area contributed by atoms with Gasteiger partial charge in [-0.1, -0.05) is 29.8 Å². The van der Waals surface area contributed by atoms with Crippen molar-refractivity contribution < 1.29 is 18.6 Å². The van der Waals surface area contributed by atoms with Gasteiger partial charge in [0.05, 0.1) is 37.8 Å². The predicted octanol–water partition coefficient (Wildman–Crippen LogP) is 6.82. The Kier molecular flexibility index (Phi) is 6.29. The van der Waals surface area contributed by atoms with Gasteiger partial charge in [0.15, 0.2) is 17.1 Å². The second-order valence-corrected chi connectivity index (χ2v) is 8.93. The SMILES string of the molecule is CCn1c(=O)c2c(-c3cc(OC)c(OC)c(OC)c3)c(Nc3ccc(C)cc3C)oc2c2ccccc21. The molecule has 0 fully saturated rings. The molecule has 2 aromatic heterocycles. The molecule has 7 heteroatoms. The van der Waals surface area contributed by atoms with E-state index in [1.165, 1.54) is 0 Å². The summed E-state index contributed by atoms with van der Waals surface area (Å²) in [4.78, 5) is 14.0. The standard InChI is InChI=1S/C30H30N2O5/c1-7-32-22-11-9-8-10-20(22)27-26(30(32)33)25(19-15-23(34-4)28(36-6)24(16-19)35-5)29(37-27)31-21-13-12-17(2)14-18(21)3/h8-16,31H,7H2,1-6H3. The van der Waals surface area contributed by atoms with E-state index in [1.54, 1.807) is 25.9 Å². The van der Waals surface area contributed by atoms with E-state index in [0.717, 1.165) is 27.7 Å². The summed E-state index contributed by atoms with van der Waals surface area (Å²) in [7, 11) is 4.70. The van der Waals surface area contributed by atoms with Gasteiger partial charge < -0.3 is 28.5 Å². The van der Waals surface area contributed by atoms with Gasteiger partial charge in [0.25, 0.3) is 5.56 Å². The molecule has 5 aromatic rings. The third-order valence-electron chi connectivity index (χ3n) is 6.71. The molecule has 0 saturated heterocycles. The van der Waals surface area contributed by atoms with Crippen LogP contribution in [-0.2, 0) is 6.54 Å². The van der Waals surface area contributed by atoms with Crippen LogP contribution >= 0.6 is 0 Å². The Balaban J connectivity index is 1.91. The number of benzene rings is 3. The summed E-state index contributed by atoms with van der Waals surface area (Å²) in [6, 6.07) is 17.6. The van der Waals surface area contributed by atoms with Crippen molar-refractivity contribution in [1.29, 1.82) is 0 Å². The highest BCUT2D eigenvalue weighted by molar-refractivity contribution is 6.11. The zero-order valence-electron chi connectivity index (χ0n) is 21.9. The molecule has 0 aliphatic carbocycles. The first-order valence-electron chi connectivity index (χ1n) is 12.1. The summed E-state index contributed by atoms with van der Waals surface area (Å²) in [5.41, 5.74) is 5.67. The zero-order valence-corrected chi connectivity index (χ0v) is 21.9. The van der Waals surface area contributed by atoms with Crippen molar-refractivity contribution in [3.8, 4) is 28.4 Å². The molecule has 0 spiro atoms. The Morgan fingerprint density at radius 3 is 2.24 bits per heavy atom. The average molecular weight is 499 g/mol. The first kappa shape index (κ1) is 24.3. The van der Waals surface area contributed by atoms with Crippen LogP contribution in [0, 0.1) is 13.8 Å². The van der Waals surface area contributed by atoms with Crippen LogP contribution in [0.3, 0.4) is 0 Å². The Morgan fingerprint density at radius 1 is 0.919 bits per heavy atom. The van der Waals surface area contributed by atoms with E-state index < -0.39 is 0 Å². The maximum atomic E-state index is 14.0. The summed E-state index contributed by atoms with van der Waals surface area (Å²) < 4.78 is 25.1. The topological polar surface area (TPSA) is 74.9 Å². The number of rotatable bonds is 7. The highest BCUT2D eigenvalue weighted by Crippen LogP contribution is 2.47. The summed E-state index contributed by atoms with van der Waals surface area (Å²) in [6.45, 7) is 6.58. The maximum Gasteiger partial charge on any atom is 0.262 e. The molecule has 0 saturated carbocycles. The molecule has 0 radical (unpaired) electrons.